The molecule has 0 bridgehead atoms. The molecule has 0 spiro atoms. The second-order valence-corrected chi connectivity index (χ2v) is 6.83. The normalized spacial score (nSPS) is 19.4. The number of nitrogens with one attached hydrogen (secondary N) is 1. The fourth-order valence-electron chi connectivity index (χ4n) is 2.18. The summed E-state index contributed by atoms with van der Waals surface area (Å²) in [7, 11) is -3.24. The summed E-state index contributed by atoms with van der Waals surface area (Å²) in [5.74, 6) is -0.671. The standard InChI is InChI=1S/C13H12N4O4S/c18-12(14-9-5-6-22(20,21)8-9)7-17-13(19)10-3-1-2-4-11(10)15-16-17/h1-6,9H,7-8H2,(H,14,18). The van der Waals surface area contributed by atoms with Crippen molar-refractivity contribution in [2.24, 2.45) is 0 Å². The van der Waals surface area contributed by atoms with Gasteiger partial charge in [0, 0.05) is 5.41 Å². The number of amides is 1. The number of hydrogen-bond donors (Lipinski definition) is 1. The molecule has 3 rings (SSSR count). The van der Waals surface area contributed by atoms with Gasteiger partial charge in [-0.05, 0) is 18.2 Å². The number of hydrogen-bond acceptors (Lipinski definition) is 6. The summed E-state index contributed by atoms with van der Waals surface area (Å²) in [5.41, 5.74) is 0.0318. The molecule has 22 heavy (non-hydrogen) atoms. The molecule has 2 heterocycles. The van der Waals surface area contributed by atoms with Crippen molar-refractivity contribution in [1.29, 1.82) is 0 Å². The number of carbonyl (C=O) groups is 1. The third-order valence-corrected chi connectivity index (χ3v) is 4.59. The summed E-state index contributed by atoms with van der Waals surface area (Å²) >= 11 is 0. The van der Waals surface area contributed by atoms with Crippen LogP contribution >= 0.6 is 0 Å². The second kappa shape index (κ2) is 5.34. The average Bonchev–Trinajstić information content (AvgIpc) is 2.81. The molecule has 0 radical (unpaired) electrons. The van der Waals surface area contributed by atoms with Crippen LogP contribution in [0.1, 0.15) is 0 Å². The summed E-state index contributed by atoms with van der Waals surface area (Å²) in [6.45, 7) is -0.318. The van der Waals surface area contributed by atoms with E-state index in [2.05, 4.69) is 15.6 Å². The van der Waals surface area contributed by atoms with Gasteiger partial charge in [-0.1, -0.05) is 17.3 Å². The Labute approximate surface area is 125 Å². The first-order chi connectivity index (χ1) is 10.4. The molecule has 1 atom stereocenters. The summed E-state index contributed by atoms with van der Waals surface area (Å²) < 4.78 is 23.5. The van der Waals surface area contributed by atoms with Crippen molar-refractivity contribution in [3.63, 3.8) is 0 Å². The first-order valence-corrected chi connectivity index (χ1v) is 8.19. The highest BCUT2D eigenvalue weighted by molar-refractivity contribution is 7.94. The van der Waals surface area contributed by atoms with Crippen molar-refractivity contribution >= 4 is 26.6 Å². The van der Waals surface area contributed by atoms with Crippen LogP contribution in [0.2, 0.25) is 0 Å². The monoisotopic (exact) mass is 320 g/mol. The fourth-order valence-corrected chi connectivity index (χ4v) is 3.42. The highest BCUT2D eigenvalue weighted by Gasteiger charge is 2.23. The zero-order valence-corrected chi connectivity index (χ0v) is 12.2. The van der Waals surface area contributed by atoms with Gasteiger partial charge >= 0.3 is 0 Å². The smallest absolute Gasteiger partial charge is 0.278 e. The van der Waals surface area contributed by atoms with E-state index in [1.807, 2.05) is 0 Å². The minimum atomic E-state index is -3.24. The predicted molar refractivity (Wildman–Crippen MR) is 78.7 cm³/mol. The zero-order valence-electron chi connectivity index (χ0n) is 11.3. The minimum Gasteiger partial charge on any atom is -0.347 e. The maximum absolute atomic E-state index is 12.2. The van der Waals surface area contributed by atoms with Crippen LogP contribution in [0.15, 0.2) is 40.5 Å². The van der Waals surface area contributed by atoms with Crippen LogP contribution in [-0.2, 0) is 21.2 Å². The second-order valence-electron chi connectivity index (χ2n) is 4.90. The Balaban J connectivity index is 1.76. The summed E-state index contributed by atoms with van der Waals surface area (Å²) in [6, 6.07) is 6.11. The van der Waals surface area contributed by atoms with E-state index in [0.717, 1.165) is 10.1 Å². The Morgan fingerprint density at radius 1 is 1.36 bits per heavy atom. The molecule has 8 nitrogen and oxygen atoms in total. The molecule has 1 N–H and O–H groups in total. The molecular weight excluding hydrogens is 308 g/mol. The van der Waals surface area contributed by atoms with Gasteiger partial charge in [0.2, 0.25) is 5.91 Å². The summed E-state index contributed by atoms with van der Waals surface area (Å²) in [6.07, 6.45) is 1.40. The Bertz CT molecular complexity index is 932. The molecule has 1 unspecified atom stereocenters. The molecule has 1 aliphatic rings. The Morgan fingerprint density at radius 2 is 2.14 bits per heavy atom. The third kappa shape index (κ3) is 2.89. The van der Waals surface area contributed by atoms with Crippen LogP contribution in [-0.4, -0.2) is 41.1 Å². The van der Waals surface area contributed by atoms with Gasteiger partial charge < -0.3 is 5.32 Å². The van der Waals surface area contributed by atoms with Gasteiger partial charge in [0.25, 0.3) is 5.56 Å². The number of fused-ring (bicyclic) bond motifs is 1. The van der Waals surface area contributed by atoms with Crippen LogP contribution in [0, 0.1) is 0 Å². The largest absolute Gasteiger partial charge is 0.347 e. The minimum absolute atomic E-state index is 0.170. The lowest BCUT2D eigenvalue weighted by atomic mass is 10.2. The zero-order chi connectivity index (χ0) is 15.7. The summed E-state index contributed by atoms with van der Waals surface area (Å²) in [5, 5.41) is 11.5. The molecule has 0 fully saturated rings. The molecule has 1 amide bonds. The molecule has 0 aliphatic carbocycles. The molecule has 0 saturated carbocycles. The number of benzene rings is 1. The van der Waals surface area contributed by atoms with Crippen LogP contribution in [0.3, 0.4) is 0 Å². The lowest BCUT2D eigenvalue weighted by molar-refractivity contribution is -0.122. The molecule has 114 valence electrons. The average molecular weight is 320 g/mol. The van der Waals surface area contributed by atoms with Gasteiger partial charge in [-0.3, -0.25) is 9.59 Å². The number of nitrogens with zero attached hydrogens (tertiary/aromatic N) is 3. The molecule has 1 aromatic carbocycles. The van der Waals surface area contributed by atoms with Gasteiger partial charge in [-0.25, -0.2) is 13.1 Å². The van der Waals surface area contributed by atoms with Crippen molar-refractivity contribution < 1.29 is 13.2 Å². The predicted octanol–water partition coefficient (Wildman–Crippen LogP) is -0.782. The van der Waals surface area contributed by atoms with Gasteiger partial charge in [-0.2, -0.15) is 0 Å². The number of rotatable bonds is 3. The molecule has 1 aromatic heterocycles. The van der Waals surface area contributed by atoms with E-state index in [0.29, 0.717) is 10.9 Å². The van der Waals surface area contributed by atoms with E-state index in [4.69, 9.17) is 0 Å². The first kappa shape index (κ1) is 14.4. The van der Waals surface area contributed by atoms with Crippen molar-refractivity contribution in [1.82, 2.24) is 20.3 Å². The molecule has 1 aliphatic heterocycles. The summed E-state index contributed by atoms with van der Waals surface area (Å²) in [4.78, 5) is 24.1. The van der Waals surface area contributed by atoms with Gasteiger partial charge in [0.1, 0.15) is 12.1 Å². The van der Waals surface area contributed by atoms with E-state index in [1.54, 1.807) is 24.3 Å². The maximum Gasteiger partial charge on any atom is 0.278 e. The lowest BCUT2D eigenvalue weighted by Gasteiger charge is -2.10. The van der Waals surface area contributed by atoms with E-state index in [1.165, 1.54) is 6.08 Å². The quantitative estimate of drug-likeness (QED) is 0.794. The number of sulfone groups is 1. The molecular formula is C13H12N4O4S. The van der Waals surface area contributed by atoms with Crippen molar-refractivity contribution in [3.8, 4) is 0 Å². The Kier molecular flexibility index (Phi) is 3.49. The van der Waals surface area contributed by atoms with Crippen LogP contribution in [0.5, 0.6) is 0 Å². The van der Waals surface area contributed by atoms with Gasteiger partial charge in [0.15, 0.2) is 9.84 Å². The lowest BCUT2D eigenvalue weighted by Crippen LogP contribution is -2.40. The van der Waals surface area contributed by atoms with Crippen molar-refractivity contribution in [2.45, 2.75) is 12.6 Å². The highest BCUT2D eigenvalue weighted by Crippen LogP contribution is 2.07. The topological polar surface area (TPSA) is 111 Å². The van der Waals surface area contributed by atoms with E-state index in [-0.39, 0.29) is 12.3 Å². The van der Waals surface area contributed by atoms with Crippen LogP contribution < -0.4 is 10.9 Å². The van der Waals surface area contributed by atoms with Crippen molar-refractivity contribution in [2.75, 3.05) is 5.75 Å². The van der Waals surface area contributed by atoms with Crippen LogP contribution in [0.4, 0.5) is 0 Å². The maximum atomic E-state index is 12.2. The molecule has 9 heteroatoms. The van der Waals surface area contributed by atoms with E-state index >= 15 is 0 Å². The highest BCUT2D eigenvalue weighted by atomic mass is 32.2. The number of carbonyl (C=O) groups excluding carboxylic acids is 1. The van der Waals surface area contributed by atoms with E-state index < -0.39 is 27.3 Å². The van der Waals surface area contributed by atoms with E-state index in [9.17, 15) is 18.0 Å². The SMILES string of the molecule is O=C(Cn1nnc2ccccc2c1=O)NC1C=CS(=O)(=O)C1. The first-order valence-electron chi connectivity index (χ1n) is 6.47. The Morgan fingerprint density at radius 3 is 2.86 bits per heavy atom. The van der Waals surface area contributed by atoms with Gasteiger partial charge in [-0.15, -0.1) is 5.10 Å². The fraction of sp³-hybridized carbons (Fsp3) is 0.231. The third-order valence-electron chi connectivity index (χ3n) is 3.20. The molecule has 0 saturated heterocycles. The van der Waals surface area contributed by atoms with Crippen LogP contribution in [0.25, 0.3) is 10.9 Å². The number of aromatic nitrogens is 3. The molecule has 2 aromatic rings. The van der Waals surface area contributed by atoms with Crippen molar-refractivity contribution in [3.05, 3.63) is 46.1 Å². The Hall–Kier alpha value is -2.55. The van der Waals surface area contributed by atoms with Gasteiger partial charge in [0.05, 0.1) is 17.2 Å².